The van der Waals surface area contributed by atoms with Crippen LogP contribution in [0.5, 0.6) is 11.6 Å². The summed E-state index contributed by atoms with van der Waals surface area (Å²) >= 11 is 0. The Labute approximate surface area is 130 Å². The van der Waals surface area contributed by atoms with Crippen molar-refractivity contribution in [2.45, 2.75) is 19.9 Å². The minimum atomic E-state index is 0.0263. The van der Waals surface area contributed by atoms with Crippen molar-refractivity contribution in [1.82, 2.24) is 10.3 Å². The minimum Gasteiger partial charge on any atom is -0.490 e. The van der Waals surface area contributed by atoms with Crippen molar-refractivity contribution in [2.75, 3.05) is 13.2 Å². The van der Waals surface area contributed by atoms with E-state index >= 15 is 0 Å². The zero-order valence-corrected chi connectivity index (χ0v) is 12.6. The Morgan fingerprint density at radius 3 is 2.55 bits per heavy atom. The first-order valence-corrected chi connectivity index (χ1v) is 7.30. The number of nitrogens with zero attached hydrogens (tertiary/aromatic N) is 1. The molecule has 0 radical (unpaired) electrons. The fraction of sp³-hybridized carbons (Fsp3) is 0.294. The van der Waals surface area contributed by atoms with Crippen LogP contribution in [-0.4, -0.2) is 24.1 Å². The summed E-state index contributed by atoms with van der Waals surface area (Å²) in [7, 11) is 0. The maximum Gasteiger partial charge on any atom is 0.219 e. The quantitative estimate of drug-likeness (QED) is 0.761. The zero-order chi connectivity index (χ0) is 15.6. The van der Waals surface area contributed by atoms with E-state index in [1.165, 1.54) is 0 Å². The van der Waals surface area contributed by atoms with E-state index in [2.05, 4.69) is 10.3 Å². The summed E-state index contributed by atoms with van der Waals surface area (Å²) in [6, 6.07) is 13.3. The van der Waals surface area contributed by atoms with Gasteiger partial charge in [0.05, 0.1) is 0 Å². The average Bonchev–Trinajstić information content (AvgIpc) is 2.58. The fourth-order valence-electron chi connectivity index (χ4n) is 1.75. The lowest BCUT2D eigenvalue weighted by Crippen LogP contribution is -2.21. The number of benzene rings is 1. The number of para-hydroxylation sites is 1. The number of hydrogen-bond acceptors (Lipinski definition) is 4. The molecule has 1 amide bonds. The molecule has 0 aliphatic rings. The molecule has 1 aromatic heterocycles. The highest BCUT2D eigenvalue weighted by molar-refractivity contribution is 5.75. The summed E-state index contributed by atoms with van der Waals surface area (Å²) in [4.78, 5) is 15.4. The van der Waals surface area contributed by atoms with E-state index in [-0.39, 0.29) is 5.91 Å². The van der Waals surface area contributed by atoms with Gasteiger partial charge >= 0.3 is 0 Å². The highest BCUT2D eigenvalue weighted by Crippen LogP contribution is 2.09. The normalized spacial score (nSPS) is 10.0. The lowest BCUT2D eigenvalue weighted by atomic mass is 10.3. The predicted octanol–water partition coefficient (Wildman–Crippen LogP) is 2.57. The standard InChI is InChI=1S/C17H20N2O3/c1-2-16(20)18-12-14-8-9-17(19-13-14)22-11-10-21-15-6-4-3-5-7-15/h3-9,13H,2,10-12H2,1H3,(H,18,20). The van der Waals surface area contributed by atoms with E-state index in [0.29, 0.717) is 32.1 Å². The number of carbonyl (C=O) groups is 1. The molecule has 0 aliphatic heterocycles. The summed E-state index contributed by atoms with van der Waals surface area (Å²) < 4.78 is 11.0. The first-order chi connectivity index (χ1) is 10.8. The van der Waals surface area contributed by atoms with Gasteiger partial charge in [-0.1, -0.05) is 31.2 Å². The summed E-state index contributed by atoms with van der Waals surface area (Å²) in [5.74, 6) is 1.39. The van der Waals surface area contributed by atoms with Crippen molar-refractivity contribution in [3.8, 4) is 11.6 Å². The Balaban J connectivity index is 1.69. The minimum absolute atomic E-state index is 0.0263. The molecule has 1 aromatic carbocycles. The highest BCUT2D eigenvalue weighted by atomic mass is 16.5. The second kappa shape index (κ2) is 8.67. The van der Waals surface area contributed by atoms with E-state index < -0.39 is 0 Å². The number of ether oxygens (including phenoxy) is 2. The van der Waals surface area contributed by atoms with Gasteiger partial charge in [-0.05, 0) is 17.7 Å². The van der Waals surface area contributed by atoms with E-state index in [4.69, 9.17) is 9.47 Å². The molecule has 1 heterocycles. The van der Waals surface area contributed by atoms with Crippen LogP contribution in [0.2, 0.25) is 0 Å². The average molecular weight is 300 g/mol. The van der Waals surface area contributed by atoms with Crippen LogP contribution < -0.4 is 14.8 Å². The van der Waals surface area contributed by atoms with Crippen molar-refractivity contribution >= 4 is 5.91 Å². The number of hydrogen-bond donors (Lipinski definition) is 1. The molecular weight excluding hydrogens is 280 g/mol. The Kier molecular flexibility index (Phi) is 6.23. The molecule has 0 unspecified atom stereocenters. The molecule has 0 spiro atoms. The van der Waals surface area contributed by atoms with Crippen molar-refractivity contribution in [2.24, 2.45) is 0 Å². The lowest BCUT2D eigenvalue weighted by molar-refractivity contribution is -0.120. The maximum atomic E-state index is 11.2. The number of rotatable bonds is 8. The molecule has 0 aliphatic carbocycles. The van der Waals surface area contributed by atoms with Gasteiger partial charge in [0, 0.05) is 25.2 Å². The largest absolute Gasteiger partial charge is 0.490 e. The Bertz CT molecular complexity index is 570. The van der Waals surface area contributed by atoms with Gasteiger partial charge in [0.1, 0.15) is 19.0 Å². The molecule has 22 heavy (non-hydrogen) atoms. The number of pyridine rings is 1. The SMILES string of the molecule is CCC(=O)NCc1ccc(OCCOc2ccccc2)nc1. The third-order valence-electron chi connectivity index (χ3n) is 2.95. The van der Waals surface area contributed by atoms with Crippen LogP contribution in [0.1, 0.15) is 18.9 Å². The van der Waals surface area contributed by atoms with Gasteiger partial charge in [-0.2, -0.15) is 0 Å². The van der Waals surface area contributed by atoms with E-state index in [9.17, 15) is 4.79 Å². The second-order valence-corrected chi connectivity index (χ2v) is 4.64. The monoisotopic (exact) mass is 300 g/mol. The molecule has 2 rings (SSSR count). The summed E-state index contributed by atoms with van der Waals surface area (Å²) in [6.07, 6.45) is 2.18. The summed E-state index contributed by atoms with van der Waals surface area (Å²) in [6.45, 7) is 3.19. The number of carbonyl (C=O) groups excluding carboxylic acids is 1. The van der Waals surface area contributed by atoms with Gasteiger partial charge in [0.15, 0.2) is 0 Å². The van der Waals surface area contributed by atoms with Crippen LogP contribution in [0.4, 0.5) is 0 Å². The second-order valence-electron chi connectivity index (χ2n) is 4.64. The van der Waals surface area contributed by atoms with Gasteiger partial charge in [-0.3, -0.25) is 4.79 Å². The van der Waals surface area contributed by atoms with E-state index in [0.717, 1.165) is 11.3 Å². The zero-order valence-electron chi connectivity index (χ0n) is 12.6. The van der Waals surface area contributed by atoms with Gasteiger partial charge in [0.25, 0.3) is 0 Å². The molecule has 1 N–H and O–H groups in total. The van der Waals surface area contributed by atoms with Crippen LogP contribution >= 0.6 is 0 Å². The van der Waals surface area contributed by atoms with Crippen molar-refractivity contribution < 1.29 is 14.3 Å². The first-order valence-electron chi connectivity index (χ1n) is 7.30. The van der Waals surface area contributed by atoms with Crippen LogP contribution in [-0.2, 0) is 11.3 Å². The van der Waals surface area contributed by atoms with Gasteiger partial charge in [-0.15, -0.1) is 0 Å². The Hall–Kier alpha value is -2.56. The summed E-state index contributed by atoms with van der Waals surface area (Å²) in [5.41, 5.74) is 0.940. The van der Waals surface area contributed by atoms with E-state index in [1.807, 2.05) is 43.3 Å². The van der Waals surface area contributed by atoms with Crippen molar-refractivity contribution in [1.29, 1.82) is 0 Å². The molecule has 0 fully saturated rings. The van der Waals surface area contributed by atoms with Crippen molar-refractivity contribution in [3.05, 3.63) is 54.2 Å². The smallest absolute Gasteiger partial charge is 0.219 e. The third-order valence-corrected chi connectivity index (χ3v) is 2.95. The summed E-state index contributed by atoms with van der Waals surface area (Å²) in [5, 5.41) is 2.80. The fourth-order valence-corrected chi connectivity index (χ4v) is 1.75. The van der Waals surface area contributed by atoms with Gasteiger partial charge in [-0.25, -0.2) is 4.98 Å². The molecule has 5 nitrogen and oxygen atoms in total. The lowest BCUT2D eigenvalue weighted by Gasteiger charge is -2.08. The number of amides is 1. The van der Waals surface area contributed by atoms with Crippen LogP contribution in [0, 0.1) is 0 Å². The van der Waals surface area contributed by atoms with E-state index in [1.54, 1.807) is 12.3 Å². The number of aromatic nitrogens is 1. The van der Waals surface area contributed by atoms with Crippen LogP contribution in [0.25, 0.3) is 0 Å². The molecule has 5 heteroatoms. The van der Waals surface area contributed by atoms with Crippen molar-refractivity contribution in [3.63, 3.8) is 0 Å². The predicted molar refractivity (Wildman–Crippen MR) is 83.8 cm³/mol. The molecule has 0 saturated carbocycles. The maximum absolute atomic E-state index is 11.2. The first kappa shape index (κ1) is 15.8. The molecule has 116 valence electrons. The van der Waals surface area contributed by atoms with Gasteiger partial charge in [0.2, 0.25) is 11.8 Å². The molecule has 2 aromatic rings. The topological polar surface area (TPSA) is 60.5 Å². The molecule has 0 saturated heterocycles. The van der Waals surface area contributed by atoms with Crippen LogP contribution in [0.3, 0.4) is 0 Å². The highest BCUT2D eigenvalue weighted by Gasteiger charge is 2.00. The van der Waals surface area contributed by atoms with Gasteiger partial charge < -0.3 is 14.8 Å². The molecular formula is C17H20N2O3. The Morgan fingerprint density at radius 2 is 1.86 bits per heavy atom. The molecule has 0 atom stereocenters. The number of nitrogens with one attached hydrogen (secondary N) is 1. The molecule has 0 bridgehead atoms. The Morgan fingerprint density at radius 1 is 1.09 bits per heavy atom. The third kappa shape index (κ3) is 5.44. The van der Waals surface area contributed by atoms with Crippen LogP contribution in [0.15, 0.2) is 48.7 Å².